The van der Waals surface area contributed by atoms with Crippen LogP contribution in [0.1, 0.15) is 142 Å². The van der Waals surface area contributed by atoms with Crippen molar-refractivity contribution >= 4 is 33.4 Å². The number of phosphoric ester groups is 2. The number of phosphoric acid groups is 2. The molecule has 5 N–H and O–H groups in total. The molecule has 0 amide bonds. The van der Waals surface area contributed by atoms with Crippen LogP contribution in [-0.4, -0.2) is 87.4 Å². The average molecular weight is 905 g/mol. The molecule has 1 rings (SSSR count). The van der Waals surface area contributed by atoms with Gasteiger partial charge in [-0.25, -0.2) is 9.13 Å². The predicted octanol–water partition coefficient (Wildman–Crippen LogP) is 8.84. The molecular weight excluding hydrogens is 830 g/mol. The maximum atomic E-state index is 12.7. The first kappa shape index (κ1) is 56.5. The van der Waals surface area contributed by atoms with E-state index in [-0.39, 0.29) is 30.5 Å². The molecule has 0 aliphatic heterocycles. The summed E-state index contributed by atoms with van der Waals surface area (Å²) in [6.07, 6.45) is 32.7. The van der Waals surface area contributed by atoms with Crippen LogP contribution in [0.15, 0.2) is 60.8 Å². The fourth-order valence-electron chi connectivity index (χ4n) is 6.15. The number of hydrogen-bond donors (Lipinski definition) is 5. The number of ether oxygens (including phenoxy) is 2. The van der Waals surface area contributed by atoms with Crippen LogP contribution in [0.25, 0.3) is 0 Å². The molecule has 1 aliphatic rings. The van der Waals surface area contributed by atoms with E-state index < -0.39 is 72.3 Å². The van der Waals surface area contributed by atoms with Gasteiger partial charge in [-0.2, -0.15) is 0 Å². The molecule has 0 aromatic carbocycles. The molecule has 0 saturated carbocycles. The molecule has 17 heteroatoms. The highest BCUT2D eigenvalue weighted by Gasteiger charge is 2.29. The summed E-state index contributed by atoms with van der Waals surface area (Å²) in [6, 6.07) is 0. The maximum absolute atomic E-state index is 12.7. The molecule has 0 saturated heterocycles. The van der Waals surface area contributed by atoms with Crippen LogP contribution >= 0.6 is 15.6 Å². The Morgan fingerprint density at radius 2 is 1.30 bits per heavy atom. The zero-order valence-electron chi connectivity index (χ0n) is 36.3. The van der Waals surface area contributed by atoms with Gasteiger partial charge in [-0.1, -0.05) is 126 Å². The minimum atomic E-state index is -4.89. The lowest BCUT2D eigenvalue weighted by Crippen LogP contribution is -2.30. The van der Waals surface area contributed by atoms with Gasteiger partial charge in [0.15, 0.2) is 11.9 Å². The van der Waals surface area contributed by atoms with Gasteiger partial charge in [-0.3, -0.25) is 28.0 Å². The van der Waals surface area contributed by atoms with E-state index in [1.54, 1.807) is 18.2 Å². The molecule has 350 valence electrons. The van der Waals surface area contributed by atoms with Crippen molar-refractivity contribution in [3.63, 3.8) is 0 Å². The Bertz CT molecular complexity index is 1450. The van der Waals surface area contributed by atoms with E-state index in [0.717, 1.165) is 57.8 Å². The van der Waals surface area contributed by atoms with Crippen LogP contribution in [0.3, 0.4) is 0 Å². The second kappa shape index (κ2) is 34.9. The highest BCUT2D eigenvalue weighted by molar-refractivity contribution is 7.47. The topological polar surface area (TPSA) is 233 Å². The van der Waals surface area contributed by atoms with Crippen molar-refractivity contribution in [3.05, 3.63) is 60.8 Å². The molecule has 1 unspecified atom stereocenters. The van der Waals surface area contributed by atoms with Crippen LogP contribution in [0.5, 0.6) is 0 Å². The summed E-state index contributed by atoms with van der Waals surface area (Å²) < 4.78 is 47.7. The largest absolute Gasteiger partial charge is 0.472 e. The van der Waals surface area contributed by atoms with E-state index in [2.05, 4.69) is 47.2 Å². The van der Waals surface area contributed by atoms with Gasteiger partial charge in [-0.05, 0) is 69.8 Å². The van der Waals surface area contributed by atoms with Crippen molar-refractivity contribution in [2.45, 2.75) is 161 Å². The van der Waals surface area contributed by atoms with E-state index in [0.29, 0.717) is 32.1 Å². The number of unbranched alkanes of at least 4 members (excludes halogenated alkanes) is 12. The quantitative estimate of drug-likeness (QED) is 0.0128. The van der Waals surface area contributed by atoms with Crippen molar-refractivity contribution in [2.75, 3.05) is 26.4 Å². The van der Waals surface area contributed by atoms with Gasteiger partial charge in [0.25, 0.3) is 0 Å². The highest BCUT2D eigenvalue weighted by Crippen LogP contribution is 2.44. The number of ketones is 1. The monoisotopic (exact) mass is 904 g/mol. The van der Waals surface area contributed by atoms with Crippen LogP contribution in [0.4, 0.5) is 0 Å². The molecule has 61 heavy (non-hydrogen) atoms. The Hall–Kier alpha value is -2.55. The standard InChI is InChI=1S/C44H74O15P2/c1-3-5-7-8-9-10-11-12-13-14-15-16-17-18-24-28-44(49)59-40(36-58-61(53,54)57-34-39(46)33-56-60(50,51)52)35-55-43(48)27-23-20-19-22-25-37-29-32-42(47)41(37)31-30-38(45)26-21-6-4-2/h10-13,19,22,29-32,37-41,45-46H,3-9,14-18,20-21,23-28,33-36H2,1-2H3,(H,53,54)(H2,50,51,52)/b11-10-,13-12-,22-19-,31-30+/t37-,38-,39-,40+,41+/m0/s1. The Morgan fingerprint density at radius 1 is 0.705 bits per heavy atom. The Morgan fingerprint density at radius 3 is 1.98 bits per heavy atom. The number of hydrogen-bond acceptors (Lipinski definition) is 12. The summed E-state index contributed by atoms with van der Waals surface area (Å²) in [4.78, 5) is 65.2. The van der Waals surface area contributed by atoms with E-state index in [1.807, 2.05) is 18.2 Å². The Labute approximate surface area is 363 Å². The number of rotatable bonds is 38. The summed E-state index contributed by atoms with van der Waals surface area (Å²) in [5.74, 6) is -1.53. The first-order valence-electron chi connectivity index (χ1n) is 22.1. The van der Waals surface area contributed by atoms with Gasteiger partial charge in [-0.15, -0.1) is 0 Å². The molecule has 0 heterocycles. The first-order chi connectivity index (χ1) is 29.2. The number of allylic oxidation sites excluding steroid dienone is 9. The lowest BCUT2D eigenvalue weighted by atomic mass is 9.90. The fraction of sp³-hybridized carbons (Fsp3) is 0.705. The molecule has 0 bridgehead atoms. The zero-order valence-corrected chi connectivity index (χ0v) is 38.1. The van der Waals surface area contributed by atoms with Gasteiger partial charge in [0, 0.05) is 18.8 Å². The highest BCUT2D eigenvalue weighted by atomic mass is 31.2. The van der Waals surface area contributed by atoms with Crippen molar-refractivity contribution in [2.24, 2.45) is 11.8 Å². The fourth-order valence-corrected chi connectivity index (χ4v) is 7.31. The molecule has 0 fully saturated rings. The first-order valence-corrected chi connectivity index (χ1v) is 25.1. The maximum Gasteiger partial charge on any atom is 0.472 e. The van der Waals surface area contributed by atoms with Crippen molar-refractivity contribution in [1.29, 1.82) is 0 Å². The van der Waals surface area contributed by atoms with Gasteiger partial charge >= 0.3 is 27.6 Å². The van der Waals surface area contributed by atoms with E-state index in [1.165, 1.54) is 25.7 Å². The third kappa shape index (κ3) is 32.7. The van der Waals surface area contributed by atoms with Crippen molar-refractivity contribution in [1.82, 2.24) is 0 Å². The molecular formula is C44H74O15P2. The number of esters is 2. The molecule has 0 spiro atoms. The summed E-state index contributed by atoms with van der Waals surface area (Å²) in [6.45, 7) is 1.39. The molecule has 1 aliphatic carbocycles. The molecule has 0 aromatic rings. The van der Waals surface area contributed by atoms with Gasteiger partial charge in [0.2, 0.25) is 0 Å². The van der Waals surface area contributed by atoms with E-state index >= 15 is 0 Å². The van der Waals surface area contributed by atoms with Gasteiger partial charge in [0.1, 0.15) is 12.7 Å². The third-order valence-corrected chi connectivity index (χ3v) is 11.1. The zero-order chi connectivity index (χ0) is 45.2. The SMILES string of the molecule is CCCCCC/C=C\C=C/CCCCCCCC(=O)O[C@H](COC(=O)CCC/C=C\C[C@H]1C=CC(=O)[C@@H]1/C=C/[C@@H](O)CCCCC)COP(=O)(O)OC[C@@H](O)COP(=O)(O)O. The average Bonchev–Trinajstić information content (AvgIpc) is 3.57. The Balaban J connectivity index is 2.55. The minimum Gasteiger partial charge on any atom is -0.462 e. The lowest BCUT2D eigenvalue weighted by Gasteiger charge is -2.20. The van der Waals surface area contributed by atoms with Crippen molar-refractivity contribution in [3.8, 4) is 0 Å². The summed E-state index contributed by atoms with van der Waals surface area (Å²) in [5.41, 5.74) is 0. The Kier molecular flexibility index (Phi) is 32.3. The predicted molar refractivity (Wildman–Crippen MR) is 234 cm³/mol. The van der Waals surface area contributed by atoms with Crippen LogP contribution in [-0.2, 0) is 46.6 Å². The number of aliphatic hydroxyl groups excluding tert-OH is 2. The second-order valence-corrected chi connectivity index (χ2v) is 18.0. The van der Waals surface area contributed by atoms with Gasteiger partial charge in [0.05, 0.1) is 25.9 Å². The van der Waals surface area contributed by atoms with E-state index in [9.17, 15) is 38.6 Å². The summed E-state index contributed by atoms with van der Waals surface area (Å²) in [5, 5.41) is 20.0. The minimum absolute atomic E-state index is 0.00762. The smallest absolute Gasteiger partial charge is 0.462 e. The second-order valence-electron chi connectivity index (χ2n) is 15.3. The number of carbonyl (C=O) groups excluding carboxylic acids is 3. The van der Waals surface area contributed by atoms with Gasteiger partial charge < -0.3 is 34.4 Å². The van der Waals surface area contributed by atoms with Crippen molar-refractivity contribution < 1.29 is 71.5 Å². The number of carbonyl (C=O) groups is 3. The number of aliphatic hydroxyl groups is 2. The normalized spacial score (nSPS) is 18.4. The summed E-state index contributed by atoms with van der Waals surface area (Å²) in [7, 11) is -9.75. The summed E-state index contributed by atoms with van der Waals surface area (Å²) >= 11 is 0. The van der Waals surface area contributed by atoms with E-state index in [4.69, 9.17) is 23.8 Å². The molecule has 6 atom stereocenters. The van der Waals surface area contributed by atoms with Crippen LogP contribution < -0.4 is 0 Å². The molecule has 15 nitrogen and oxygen atoms in total. The van der Waals surface area contributed by atoms with Crippen LogP contribution in [0.2, 0.25) is 0 Å². The third-order valence-electron chi connectivity index (χ3n) is 9.64. The van der Waals surface area contributed by atoms with Crippen LogP contribution in [0, 0.1) is 11.8 Å². The molecule has 0 aromatic heterocycles. The molecule has 0 radical (unpaired) electrons. The lowest BCUT2D eigenvalue weighted by molar-refractivity contribution is -0.161.